The van der Waals surface area contributed by atoms with Gasteiger partial charge in [0.1, 0.15) is 0 Å². The number of likely N-dealkylation sites (N-methyl/N-ethyl adjacent to an activating group) is 1. The van der Waals surface area contributed by atoms with Gasteiger partial charge in [0.25, 0.3) is 0 Å². The first-order valence-corrected chi connectivity index (χ1v) is 7.42. The van der Waals surface area contributed by atoms with Crippen LogP contribution in [0.4, 0.5) is 0 Å². The summed E-state index contributed by atoms with van der Waals surface area (Å²) < 4.78 is 0. The molecular weight excluding hydrogens is 266 g/mol. The Morgan fingerprint density at radius 2 is 1.70 bits per heavy atom. The average molecular weight is 286 g/mol. The molecule has 2 aromatic carbocycles. The van der Waals surface area contributed by atoms with Crippen LogP contribution in [-0.2, 0) is 6.54 Å². The molecule has 0 N–H and O–H groups in total. The maximum absolute atomic E-state index is 6.04. The van der Waals surface area contributed by atoms with Gasteiger partial charge in [-0.15, -0.1) is 0 Å². The van der Waals surface area contributed by atoms with Crippen molar-refractivity contribution in [2.75, 3.05) is 7.05 Å². The maximum atomic E-state index is 6.04. The average Bonchev–Trinajstić information content (AvgIpc) is 2.42. The third-order valence-corrected chi connectivity index (χ3v) is 4.92. The first-order chi connectivity index (χ1) is 9.50. The molecule has 0 bridgehead atoms. The number of hydrogen-bond donors (Lipinski definition) is 0. The summed E-state index contributed by atoms with van der Waals surface area (Å²) in [6.07, 6.45) is 0. The second-order valence-corrected chi connectivity index (χ2v) is 6.63. The molecule has 20 heavy (non-hydrogen) atoms. The normalized spacial score (nSPS) is 21.5. The number of benzene rings is 2. The minimum Gasteiger partial charge on any atom is -0.296 e. The van der Waals surface area contributed by atoms with Gasteiger partial charge in [-0.3, -0.25) is 4.90 Å². The van der Waals surface area contributed by atoms with Gasteiger partial charge in [-0.05, 0) is 49.7 Å². The number of halogens is 1. The first-order valence-electron chi connectivity index (χ1n) is 7.04. The Balaban J connectivity index is 2.17. The van der Waals surface area contributed by atoms with Crippen LogP contribution in [0.25, 0.3) is 0 Å². The number of fused-ring (bicyclic) bond motifs is 1. The molecule has 0 aliphatic carbocycles. The molecule has 1 nitrogen and oxygen atoms in total. The summed E-state index contributed by atoms with van der Waals surface area (Å²) >= 11 is 6.04. The van der Waals surface area contributed by atoms with Gasteiger partial charge in [0.15, 0.2) is 0 Å². The van der Waals surface area contributed by atoms with Crippen molar-refractivity contribution in [2.24, 2.45) is 0 Å². The van der Waals surface area contributed by atoms with Crippen molar-refractivity contribution in [1.29, 1.82) is 0 Å². The molecule has 0 saturated carbocycles. The smallest absolute Gasteiger partial charge is 0.0406 e. The summed E-state index contributed by atoms with van der Waals surface area (Å²) in [6.45, 7) is 5.65. The van der Waals surface area contributed by atoms with Gasteiger partial charge in [0.05, 0.1) is 0 Å². The fraction of sp³-hybridized carbons (Fsp3) is 0.333. The predicted molar refractivity (Wildman–Crippen MR) is 85.3 cm³/mol. The van der Waals surface area contributed by atoms with Gasteiger partial charge >= 0.3 is 0 Å². The van der Waals surface area contributed by atoms with Crippen LogP contribution in [0.5, 0.6) is 0 Å². The Morgan fingerprint density at radius 3 is 2.40 bits per heavy atom. The quantitative estimate of drug-likeness (QED) is 0.734. The predicted octanol–water partition coefficient (Wildman–Crippen LogP) is 4.70. The summed E-state index contributed by atoms with van der Waals surface area (Å²) in [6, 6.07) is 17.1. The standard InChI is InChI=1S/C18H20ClN/c1-18(2)17(13-8-10-15(19)11-9-13)16-7-5-4-6-14(16)12-20(18)3/h4-11,17H,12H2,1-3H3. The Kier molecular flexibility index (Phi) is 3.35. The zero-order chi connectivity index (χ0) is 14.3. The molecule has 0 saturated heterocycles. The molecule has 0 fully saturated rings. The second-order valence-electron chi connectivity index (χ2n) is 6.19. The molecule has 1 unspecified atom stereocenters. The van der Waals surface area contributed by atoms with E-state index < -0.39 is 0 Å². The van der Waals surface area contributed by atoms with E-state index in [2.05, 4.69) is 62.2 Å². The van der Waals surface area contributed by atoms with E-state index in [1.165, 1.54) is 16.7 Å². The van der Waals surface area contributed by atoms with Crippen molar-refractivity contribution in [3.63, 3.8) is 0 Å². The lowest BCUT2D eigenvalue weighted by Gasteiger charge is -2.47. The zero-order valence-corrected chi connectivity index (χ0v) is 13.0. The van der Waals surface area contributed by atoms with E-state index in [1.807, 2.05) is 12.1 Å². The van der Waals surface area contributed by atoms with Gasteiger partial charge in [-0.1, -0.05) is 48.0 Å². The molecule has 2 aromatic rings. The van der Waals surface area contributed by atoms with Crippen molar-refractivity contribution in [3.05, 3.63) is 70.2 Å². The van der Waals surface area contributed by atoms with E-state index in [9.17, 15) is 0 Å². The summed E-state index contributed by atoms with van der Waals surface area (Å²) in [4.78, 5) is 2.44. The third kappa shape index (κ3) is 2.15. The monoisotopic (exact) mass is 285 g/mol. The van der Waals surface area contributed by atoms with E-state index in [0.717, 1.165) is 11.6 Å². The number of hydrogen-bond acceptors (Lipinski definition) is 1. The molecule has 104 valence electrons. The molecule has 0 radical (unpaired) electrons. The van der Waals surface area contributed by atoms with Crippen molar-refractivity contribution >= 4 is 11.6 Å². The van der Waals surface area contributed by atoms with Gasteiger partial charge in [0.2, 0.25) is 0 Å². The molecule has 2 heteroatoms. The molecule has 3 rings (SSSR count). The Morgan fingerprint density at radius 1 is 1.05 bits per heavy atom. The van der Waals surface area contributed by atoms with Crippen LogP contribution in [0.2, 0.25) is 5.02 Å². The van der Waals surface area contributed by atoms with Gasteiger partial charge in [0, 0.05) is 23.0 Å². The SMILES string of the molecule is CN1Cc2ccccc2C(c2ccc(Cl)cc2)C1(C)C. The lowest BCUT2D eigenvalue weighted by Crippen LogP contribution is -2.49. The molecule has 1 atom stereocenters. The van der Waals surface area contributed by atoms with Crippen molar-refractivity contribution < 1.29 is 0 Å². The zero-order valence-electron chi connectivity index (χ0n) is 12.2. The lowest BCUT2D eigenvalue weighted by molar-refractivity contribution is 0.113. The summed E-state index contributed by atoms with van der Waals surface area (Å²) in [5, 5.41) is 0.795. The topological polar surface area (TPSA) is 3.24 Å². The largest absolute Gasteiger partial charge is 0.296 e. The van der Waals surface area contributed by atoms with Crippen molar-refractivity contribution in [3.8, 4) is 0 Å². The van der Waals surface area contributed by atoms with Gasteiger partial charge in [-0.2, -0.15) is 0 Å². The Labute approximate surface area is 126 Å². The highest BCUT2D eigenvalue weighted by atomic mass is 35.5. The van der Waals surface area contributed by atoms with Crippen LogP contribution in [0.3, 0.4) is 0 Å². The van der Waals surface area contributed by atoms with E-state index >= 15 is 0 Å². The van der Waals surface area contributed by atoms with Crippen molar-refractivity contribution in [1.82, 2.24) is 4.90 Å². The van der Waals surface area contributed by atoms with Gasteiger partial charge < -0.3 is 0 Å². The molecule has 0 amide bonds. The van der Waals surface area contributed by atoms with Crippen LogP contribution < -0.4 is 0 Å². The molecule has 1 aliphatic rings. The molecular formula is C18H20ClN. The summed E-state index contributed by atoms with van der Waals surface area (Å²) in [5.74, 6) is 0.370. The van der Waals surface area contributed by atoms with E-state index in [4.69, 9.17) is 11.6 Å². The molecule has 1 heterocycles. The fourth-order valence-electron chi connectivity index (χ4n) is 3.26. The molecule has 1 aliphatic heterocycles. The molecule has 0 spiro atoms. The maximum Gasteiger partial charge on any atom is 0.0406 e. The van der Waals surface area contributed by atoms with Crippen LogP contribution >= 0.6 is 11.6 Å². The highest BCUT2D eigenvalue weighted by Crippen LogP contribution is 2.44. The highest BCUT2D eigenvalue weighted by molar-refractivity contribution is 6.30. The summed E-state index contributed by atoms with van der Waals surface area (Å²) in [7, 11) is 2.21. The third-order valence-electron chi connectivity index (χ3n) is 4.67. The summed E-state index contributed by atoms with van der Waals surface area (Å²) in [5.41, 5.74) is 4.29. The van der Waals surface area contributed by atoms with E-state index in [1.54, 1.807) is 0 Å². The second kappa shape index (κ2) is 4.91. The van der Waals surface area contributed by atoms with Crippen LogP contribution in [0.1, 0.15) is 36.5 Å². The first kappa shape index (κ1) is 13.7. The lowest BCUT2D eigenvalue weighted by atomic mass is 9.72. The van der Waals surface area contributed by atoms with E-state index in [0.29, 0.717) is 5.92 Å². The Bertz CT molecular complexity index is 616. The highest BCUT2D eigenvalue weighted by Gasteiger charge is 2.40. The van der Waals surface area contributed by atoms with Crippen LogP contribution in [0, 0.1) is 0 Å². The van der Waals surface area contributed by atoms with E-state index in [-0.39, 0.29) is 5.54 Å². The molecule has 0 aromatic heterocycles. The Hall–Kier alpha value is -1.31. The minimum atomic E-state index is 0.0855. The van der Waals surface area contributed by atoms with Crippen molar-refractivity contribution in [2.45, 2.75) is 31.8 Å². The van der Waals surface area contributed by atoms with Crippen LogP contribution in [-0.4, -0.2) is 17.5 Å². The number of rotatable bonds is 1. The van der Waals surface area contributed by atoms with Gasteiger partial charge in [-0.25, -0.2) is 0 Å². The fourth-order valence-corrected chi connectivity index (χ4v) is 3.39. The van der Waals surface area contributed by atoms with Crippen LogP contribution in [0.15, 0.2) is 48.5 Å². The number of nitrogens with zero attached hydrogens (tertiary/aromatic N) is 1. The minimum absolute atomic E-state index is 0.0855.